The molecule has 0 spiro atoms. The number of hydrogen-bond acceptors (Lipinski definition) is 6. The van der Waals surface area contributed by atoms with Crippen LogP contribution in [0.15, 0.2) is 22.7 Å². The first-order chi connectivity index (χ1) is 12.5. The highest BCUT2D eigenvalue weighted by atomic mass is 32.1. The smallest absolute Gasteiger partial charge is 0.282 e. The molecule has 1 aliphatic rings. The minimum absolute atomic E-state index is 0.0351. The Kier molecular flexibility index (Phi) is 4.41. The number of hydrogen-bond donors (Lipinski definition) is 0. The molecular weight excluding hydrogens is 364 g/mol. The monoisotopic (exact) mass is 379 g/mol. The van der Waals surface area contributed by atoms with E-state index in [0.29, 0.717) is 17.1 Å². The number of carbonyl (C=O) groups excluding carboxylic acids is 1. The summed E-state index contributed by atoms with van der Waals surface area (Å²) in [5.41, 5.74) is 0.166. The number of ether oxygens (including phenoxy) is 1. The number of amides is 1. The van der Waals surface area contributed by atoms with Crippen LogP contribution < -0.4 is 4.90 Å². The molecule has 9 heteroatoms. The molecule has 0 aliphatic carbocycles. The Hall–Kier alpha value is -2.39. The van der Waals surface area contributed by atoms with Crippen LogP contribution in [0.2, 0.25) is 0 Å². The van der Waals surface area contributed by atoms with Gasteiger partial charge < -0.3 is 9.26 Å². The summed E-state index contributed by atoms with van der Waals surface area (Å²) >= 11 is 1.05. The van der Waals surface area contributed by atoms with E-state index in [2.05, 4.69) is 10.1 Å². The number of anilines is 1. The van der Waals surface area contributed by atoms with Crippen LogP contribution in [0.1, 0.15) is 29.1 Å². The summed E-state index contributed by atoms with van der Waals surface area (Å²) in [6.07, 6.45) is 1.59. The molecule has 0 radical (unpaired) electrons. The fourth-order valence-electron chi connectivity index (χ4n) is 2.91. The zero-order valence-electron chi connectivity index (χ0n) is 13.9. The Balaban J connectivity index is 1.74. The second-order valence-corrected chi connectivity index (χ2v) is 7.11. The lowest BCUT2D eigenvalue weighted by atomic mass is 10.2. The van der Waals surface area contributed by atoms with Gasteiger partial charge in [0.15, 0.2) is 16.6 Å². The molecule has 3 heterocycles. The highest BCUT2D eigenvalue weighted by Gasteiger charge is 2.29. The number of halogens is 2. The number of aromatic nitrogens is 2. The molecule has 3 aromatic rings. The molecule has 4 rings (SSSR count). The van der Waals surface area contributed by atoms with Crippen molar-refractivity contribution in [3.05, 3.63) is 41.3 Å². The average molecular weight is 379 g/mol. The first-order valence-corrected chi connectivity index (χ1v) is 8.95. The van der Waals surface area contributed by atoms with E-state index in [4.69, 9.17) is 9.26 Å². The number of benzene rings is 1. The fourth-order valence-corrected chi connectivity index (χ4v) is 3.92. The van der Waals surface area contributed by atoms with Crippen molar-refractivity contribution in [2.24, 2.45) is 0 Å². The number of aryl methyl sites for hydroxylation is 1. The Morgan fingerprint density at radius 2 is 2.23 bits per heavy atom. The number of thiazole rings is 1. The van der Waals surface area contributed by atoms with Gasteiger partial charge in [-0.1, -0.05) is 16.5 Å². The van der Waals surface area contributed by atoms with Crippen LogP contribution in [0.5, 0.6) is 0 Å². The third kappa shape index (κ3) is 3.19. The van der Waals surface area contributed by atoms with Crippen molar-refractivity contribution in [2.45, 2.75) is 25.9 Å². The first-order valence-electron chi connectivity index (χ1n) is 8.13. The van der Waals surface area contributed by atoms with Gasteiger partial charge in [-0.2, -0.15) is 0 Å². The molecule has 0 bridgehead atoms. The second-order valence-electron chi connectivity index (χ2n) is 6.10. The summed E-state index contributed by atoms with van der Waals surface area (Å²) in [5, 5.41) is 4.03. The summed E-state index contributed by atoms with van der Waals surface area (Å²) in [5.74, 6) is -1.36. The first kappa shape index (κ1) is 17.0. The summed E-state index contributed by atoms with van der Waals surface area (Å²) in [7, 11) is 0. The van der Waals surface area contributed by atoms with Gasteiger partial charge >= 0.3 is 0 Å². The maximum Gasteiger partial charge on any atom is 0.282 e. The maximum absolute atomic E-state index is 14.0. The molecular formula is C17H15F2N3O3S. The lowest BCUT2D eigenvalue weighted by Gasteiger charge is -2.21. The molecule has 1 aromatic carbocycles. The minimum atomic E-state index is -0.760. The lowest BCUT2D eigenvalue weighted by molar-refractivity contribution is 0.0910. The predicted octanol–water partition coefficient (Wildman–Crippen LogP) is 3.70. The molecule has 0 unspecified atom stereocenters. The number of carbonyl (C=O) groups is 1. The summed E-state index contributed by atoms with van der Waals surface area (Å²) in [6, 6.07) is 3.51. The van der Waals surface area contributed by atoms with Crippen molar-refractivity contribution < 1.29 is 22.8 Å². The van der Waals surface area contributed by atoms with Crippen LogP contribution in [0.25, 0.3) is 10.2 Å². The molecule has 1 fully saturated rings. The zero-order chi connectivity index (χ0) is 18.3. The lowest BCUT2D eigenvalue weighted by Crippen LogP contribution is -2.37. The van der Waals surface area contributed by atoms with Gasteiger partial charge in [-0.3, -0.25) is 9.69 Å². The number of nitrogens with zero attached hydrogens (tertiary/aromatic N) is 3. The van der Waals surface area contributed by atoms with E-state index in [1.54, 1.807) is 6.92 Å². The maximum atomic E-state index is 14.0. The molecule has 1 amide bonds. The van der Waals surface area contributed by atoms with E-state index < -0.39 is 17.5 Å². The van der Waals surface area contributed by atoms with E-state index in [0.717, 1.165) is 30.2 Å². The SMILES string of the molecule is Cc1cc(C(=O)N(C[C@H]2CCCO2)c2nc3c(F)cc(F)cc3s2)no1. The van der Waals surface area contributed by atoms with Crippen molar-refractivity contribution in [2.75, 3.05) is 18.1 Å². The van der Waals surface area contributed by atoms with E-state index in [1.807, 2.05) is 0 Å². The zero-order valence-corrected chi connectivity index (χ0v) is 14.7. The third-order valence-electron chi connectivity index (χ3n) is 4.14. The van der Waals surface area contributed by atoms with Crippen LogP contribution in [-0.4, -0.2) is 35.3 Å². The third-order valence-corrected chi connectivity index (χ3v) is 5.16. The standard InChI is InChI=1S/C17H15F2N3O3S/c1-9-5-13(21-25-9)16(23)22(8-11-3-2-4-24-11)17-20-15-12(19)6-10(18)7-14(15)26-17/h5-7,11H,2-4,8H2,1H3/t11-/m1/s1. The Bertz CT molecular complexity index is 965. The Morgan fingerprint density at radius 1 is 1.38 bits per heavy atom. The van der Waals surface area contributed by atoms with E-state index in [9.17, 15) is 13.6 Å². The van der Waals surface area contributed by atoms with Crippen LogP contribution in [-0.2, 0) is 4.74 Å². The van der Waals surface area contributed by atoms with Gasteiger partial charge in [0.25, 0.3) is 5.91 Å². The number of fused-ring (bicyclic) bond motifs is 1. The van der Waals surface area contributed by atoms with Crippen LogP contribution >= 0.6 is 11.3 Å². The largest absolute Gasteiger partial charge is 0.376 e. The molecule has 0 saturated carbocycles. The van der Waals surface area contributed by atoms with E-state index in [-0.39, 0.29) is 29.0 Å². The van der Waals surface area contributed by atoms with E-state index in [1.165, 1.54) is 17.0 Å². The topological polar surface area (TPSA) is 68.5 Å². The second kappa shape index (κ2) is 6.73. The molecule has 136 valence electrons. The molecule has 1 aliphatic heterocycles. The van der Waals surface area contributed by atoms with Gasteiger partial charge in [0.2, 0.25) is 0 Å². The molecule has 2 aromatic heterocycles. The molecule has 1 saturated heterocycles. The quantitative estimate of drug-likeness (QED) is 0.691. The predicted molar refractivity (Wildman–Crippen MR) is 91.4 cm³/mol. The highest BCUT2D eigenvalue weighted by molar-refractivity contribution is 7.22. The van der Waals surface area contributed by atoms with Gasteiger partial charge in [0.05, 0.1) is 17.3 Å². The van der Waals surface area contributed by atoms with Crippen molar-refractivity contribution in [1.82, 2.24) is 10.1 Å². The van der Waals surface area contributed by atoms with E-state index >= 15 is 0 Å². The number of rotatable bonds is 4. The summed E-state index contributed by atoms with van der Waals surface area (Å²) in [4.78, 5) is 18.5. The summed E-state index contributed by atoms with van der Waals surface area (Å²) < 4.78 is 38.4. The fraction of sp³-hybridized carbons (Fsp3) is 0.353. The average Bonchev–Trinajstić information content (AvgIpc) is 3.32. The summed E-state index contributed by atoms with van der Waals surface area (Å²) in [6.45, 7) is 2.58. The Morgan fingerprint density at radius 3 is 2.92 bits per heavy atom. The van der Waals surface area contributed by atoms with Gasteiger partial charge in [-0.25, -0.2) is 13.8 Å². The molecule has 0 N–H and O–H groups in total. The van der Waals surface area contributed by atoms with Crippen molar-refractivity contribution in [1.29, 1.82) is 0 Å². The van der Waals surface area contributed by atoms with Crippen LogP contribution in [0, 0.1) is 18.6 Å². The molecule has 1 atom stereocenters. The van der Waals surface area contributed by atoms with Gasteiger partial charge in [-0.05, 0) is 25.8 Å². The van der Waals surface area contributed by atoms with Gasteiger partial charge in [0, 0.05) is 18.7 Å². The van der Waals surface area contributed by atoms with Crippen molar-refractivity contribution in [3.8, 4) is 0 Å². The normalized spacial score (nSPS) is 17.1. The van der Waals surface area contributed by atoms with Gasteiger partial charge in [0.1, 0.15) is 17.1 Å². The molecule has 26 heavy (non-hydrogen) atoms. The highest BCUT2D eigenvalue weighted by Crippen LogP contribution is 2.32. The van der Waals surface area contributed by atoms with Gasteiger partial charge in [-0.15, -0.1) is 0 Å². The van der Waals surface area contributed by atoms with Crippen LogP contribution in [0.3, 0.4) is 0 Å². The van der Waals surface area contributed by atoms with Crippen molar-refractivity contribution in [3.63, 3.8) is 0 Å². The Labute approximate surface area is 151 Å². The van der Waals surface area contributed by atoms with Crippen LogP contribution in [0.4, 0.5) is 13.9 Å². The molecule has 6 nitrogen and oxygen atoms in total. The minimum Gasteiger partial charge on any atom is -0.376 e. The van der Waals surface area contributed by atoms with Crippen molar-refractivity contribution >= 4 is 32.6 Å².